The summed E-state index contributed by atoms with van der Waals surface area (Å²) in [7, 11) is 1.89. The van der Waals surface area contributed by atoms with Crippen LogP contribution in [-0.4, -0.2) is 21.6 Å². The van der Waals surface area contributed by atoms with Gasteiger partial charge in [-0.15, -0.1) is 0 Å². The minimum absolute atomic E-state index is 0.149. The molecular formula is C22H28ClN5OS. The lowest BCUT2D eigenvalue weighted by molar-refractivity contribution is 0.516. The van der Waals surface area contributed by atoms with Gasteiger partial charge in [0.1, 0.15) is 10.7 Å². The third-order valence-corrected chi connectivity index (χ3v) is 6.05. The van der Waals surface area contributed by atoms with Gasteiger partial charge in [-0.05, 0) is 68.6 Å². The first kappa shape index (κ1) is 22.6. The molecule has 8 heteroatoms. The van der Waals surface area contributed by atoms with E-state index in [1.165, 1.54) is 0 Å². The van der Waals surface area contributed by atoms with Gasteiger partial charge in [-0.25, -0.2) is 4.98 Å². The molecule has 1 aliphatic carbocycles. The van der Waals surface area contributed by atoms with Gasteiger partial charge in [-0.3, -0.25) is 14.1 Å². The number of aromatic nitrogens is 3. The molecule has 0 unspecified atom stereocenters. The van der Waals surface area contributed by atoms with Gasteiger partial charge in [0.2, 0.25) is 5.95 Å². The second-order valence-electron chi connectivity index (χ2n) is 6.99. The normalized spacial score (nSPS) is 13.9. The molecular weight excluding hydrogens is 418 g/mol. The number of pyridine rings is 1. The van der Waals surface area contributed by atoms with Crippen LogP contribution in [0.25, 0.3) is 11.0 Å². The summed E-state index contributed by atoms with van der Waals surface area (Å²) in [5.74, 6) is 0.470. The Bertz CT molecular complexity index is 1080. The summed E-state index contributed by atoms with van der Waals surface area (Å²) < 4.78 is 4.83. The van der Waals surface area contributed by atoms with Gasteiger partial charge in [0.15, 0.2) is 0 Å². The lowest BCUT2D eigenvalue weighted by atomic mass is 10.2. The van der Waals surface area contributed by atoms with Gasteiger partial charge < -0.3 is 5.32 Å². The smallest absolute Gasteiger partial charge is 0.271 e. The number of nitrogens with zero attached hydrogens (tertiary/aromatic N) is 3. The maximum atomic E-state index is 12.7. The first-order chi connectivity index (χ1) is 14.6. The number of benzene rings is 1. The molecule has 30 heavy (non-hydrogen) atoms. The number of halogens is 1. The van der Waals surface area contributed by atoms with Crippen LogP contribution in [-0.2, 0) is 0 Å². The fourth-order valence-corrected chi connectivity index (χ4v) is 4.54. The lowest BCUT2D eigenvalue weighted by Gasteiger charge is -2.17. The largest absolute Gasteiger partial charge is 0.324 e. The molecule has 0 bridgehead atoms. The van der Waals surface area contributed by atoms with Crippen LogP contribution in [0.5, 0.6) is 0 Å². The van der Waals surface area contributed by atoms with Crippen LogP contribution in [0.1, 0.15) is 51.1 Å². The molecule has 0 saturated heterocycles. The molecule has 2 N–H and O–H groups in total. The number of anilines is 2. The van der Waals surface area contributed by atoms with Crippen molar-refractivity contribution in [1.29, 1.82) is 0 Å². The van der Waals surface area contributed by atoms with Crippen molar-refractivity contribution in [3.63, 3.8) is 0 Å². The standard InChI is InChI=1S/C20H22ClN5OS.C2H6/c1-12-9-15(28-22-2)7-8-17(12)24-20-23-11-13-10-16(21)19(27)26(18(13)25-20)14-5-3-4-6-14;1-2/h7-11,14,22H,3-6H2,1-2H3,(H,23,24,25);1-2H3. The molecule has 0 spiro atoms. The lowest BCUT2D eigenvalue weighted by Crippen LogP contribution is -2.25. The Morgan fingerprint density at radius 2 is 1.93 bits per heavy atom. The molecule has 0 amide bonds. The molecule has 2 aromatic heterocycles. The van der Waals surface area contributed by atoms with Gasteiger partial charge >= 0.3 is 0 Å². The van der Waals surface area contributed by atoms with Gasteiger partial charge in [-0.2, -0.15) is 4.98 Å². The summed E-state index contributed by atoms with van der Waals surface area (Å²) >= 11 is 7.76. The van der Waals surface area contributed by atoms with Crippen molar-refractivity contribution in [3.05, 3.63) is 51.4 Å². The number of rotatable bonds is 5. The van der Waals surface area contributed by atoms with E-state index < -0.39 is 0 Å². The number of hydrogen-bond acceptors (Lipinski definition) is 6. The van der Waals surface area contributed by atoms with E-state index in [1.807, 2.05) is 40.0 Å². The Labute approximate surface area is 186 Å². The summed E-state index contributed by atoms with van der Waals surface area (Å²) in [6.45, 7) is 6.04. The van der Waals surface area contributed by atoms with Gasteiger partial charge in [0.05, 0.1) is 0 Å². The minimum Gasteiger partial charge on any atom is -0.324 e. The van der Waals surface area contributed by atoms with Crippen LogP contribution in [0.15, 0.2) is 40.2 Å². The summed E-state index contributed by atoms with van der Waals surface area (Å²) in [5.41, 5.74) is 2.49. The average molecular weight is 446 g/mol. The molecule has 1 aromatic carbocycles. The highest BCUT2D eigenvalue weighted by atomic mass is 35.5. The van der Waals surface area contributed by atoms with E-state index in [1.54, 1.807) is 28.8 Å². The zero-order chi connectivity index (χ0) is 21.7. The predicted octanol–water partition coefficient (Wildman–Crippen LogP) is 5.86. The Morgan fingerprint density at radius 3 is 2.60 bits per heavy atom. The fraction of sp³-hybridized carbons (Fsp3) is 0.409. The monoisotopic (exact) mass is 445 g/mol. The number of aryl methyl sites for hydroxylation is 1. The van der Waals surface area contributed by atoms with E-state index in [2.05, 4.69) is 26.1 Å². The molecule has 3 aromatic rings. The van der Waals surface area contributed by atoms with Crippen LogP contribution in [0.2, 0.25) is 5.02 Å². The van der Waals surface area contributed by atoms with E-state index in [9.17, 15) is 4.79 Å². The Balaban J connectivity index is 0.00000124. The highest BCUT2D eigenvalue weighted by Gasteiger charge is 2.22. The zero-order valence-corrected chi connectivity index (χ0v) is 19.4. The number of fused-ring (bicyclic) bond motifs is 1. The quantitative estimate of drug-likeness (QED) is 0.479. The molecule has 6 nitrogen and oxygen atoms in total. The van der Waals surface area contributed by atoms with E-state index in [0.29, 0.717) is 11.6 Å². The Kier molecular flexibility index (Phi) is 7.75. The first-order valence-corrected chi connectivity index (χ1v) is 11.6. The second kappa shape index (κ2) is 10.3. The Hall–Kier alpha value is -2.09. The van der Waals surface area contributed by atoms with Crippen LogP contribution >= 0.6 is 23.5 Å². The third kappa shape index (κ3) is 4.79. The van der Waals surface area contributed by atoms with Crippen LogP contribution in [0.3, 0.4) is 0 Å². The molecule has 0 aliphatic heterocycles. The number of hydrogen-bond donors (Lipinski definition) is 2. The molecule has 1 aliphatic rings. The first-order valence-electron chi connectivity index (χ1n) is 10.4. The summed E-state index contributed by atoms with van der Waals surface area (Å²) in [5, 5.41) is 4.28. The van der Waals surface area contributed by atoms with Crippen LogP contribution in [0, 0.1) is 6.92 Å². The summed E-state index contributed by atoms with van der Waals surface area (Å²) in [6, 6.07) is 7.94. The molecule has 2 heterocycles. The van der Waals surface area contributed by atoms with Gasteiger partial charge in [-0.1, -0.05) is 38.3 Å². The van der Waals surface area contributed by atoms with Crippen molar-refractivity contribution >= 4 is 46.2 Å². The molecule has 0 atom stereocenters. The Morgan fingerprint density at radius 1 is 1.20 bits per heavy atom. The zero-order valence-electron chi connectivity index (χ0n) is 17.8. The van der Waals surface area contributed by atoms with E-state index >= 15 is 0 Å². The van der Waals surface area contributed by atoms with Crippen LogP contribution < -0.4 is 15.6 Å². The second-order valence-corrected chi connectivity index (χ2v) is 8.48. The van der Waals surface area contributed by atoms with Crippen molar-refractivity contribution in [2.45, 2.75) is 57.4 Å². The van der Waals surface area contributed by atoms with Gasteiger partial charge in [0.25, 0.3) is 5.56 Å². The maximum Gasteiger partial charge on any atom is 0.271 e. The predicted molar refractivity (Wildman–Crippen MR) is 127 cm³/mol. The number of nitrogens with one attached hydrogen (secondary N) is 2. The molecule has 1 fully saturated rings. The van der Waals surface area contributed by atoms with Crippen LogP contribution in [0.4, 0.5) is 11.6 Å². The van der Waals surface area contributed by atoms with Crippen molar-refractivity contribution in [2.24, 2.45) is 0 Å². The minimum atomic E-state index is -0.171. The summed E-state index contributed by atoms with van der Waals surface area (Å²) in [4.78, 5) is 23.0. The highest BCUT2D eigenvalue weighted by molar-refractivity contribution is 7.97. The topological polar surface area (TPSA) is 71.8 Å². The van der Waals surface area contributed by atoms with E-state index in [4.69, 9.17) is 11.6 Å². The van der Waals surface area contributed by atoms with E-state index in [0.717, 1.165) is 47.2 Å². The van der Waals surface area contributed by atoms with E-state index in [-0.39, 0.29) is 16.6 Å². The van der Waals surface area contributed by atoms with Gasteiger partial charge in [0, 0.05) is 28.2 Å². The average Bonchev–Trinajstić information content (AvgIpc) is 3.27. The SMILES string of the molecule is CC.CNSc1ccc(Nc2ncc3cc(Cl)c(=O)n(C4CCCC4)c3n2)c(C)c1. The summed E-state index contributed by atoms with van der Waals surface area (Å²) in [6.07, 6.45) is 5.93. The highest BCUT2D eigenvalue weighted by Crippen LogP contribution is 2.31. The molecule has 4 rings (SSSR count). The molecule has 1 saturated carbocycles. The fourth-order valence-electron chi connectivity index (χ4n) is 3.73. The van der Waals surface area contributed by atoms with Crippen molar-refractivity contribution in [1.82, 2.24) is 19.3 Å². The molecule has 0 radical (unpaired) electrons. The third-order valence-electron chi connectivity index (χ3n) is 5.08. The van der Waals surface area contributed by atoms with Crippen molar-refractivity contribution in [2.75, 3.05) is 12.4 Å². The maximum absolute atomic E-state index is 12.7. The van der Waals surface area contributed by atoms with Crippen molar-refractivity contribution in [3.8, 4) is 0 Å². The molecule has 160 valence electrons. The van der Waals surface area contributed by atoms with Crippen molar-refractivity contribution < 1.29 is 0 Å².